The van der Waals surface area contributed by atoms with E-state index in [1.807, 2.05) is 22.7 Å². The van der Waals surface area contributed by atoms with Gasteiger partial charge in [0.05, 0.1) is 11.4 Å². The Kier molecular flexibility index (Phi) is 5.89. The predicted molar refractivity (Wildman–Crippen MR) is 125 cm³/mol. The minimum Gasteiger partial charge on any atom is -0.311 e. The molecule has 1 aromatic carbocycles. The zero-order valence-electron chi connectivity index (χ0n) is 16.9. The molecule has 3 aromatic rings. The molecule has 1 fully saturated rings. The van der Waals surface area contributed by atoms with Gasteiger partial charge in [0.1, 0.15) is 5.82 Å². The van der Waals surface area contributed by atoms with Gasteiger partial charge in [0.2, 0.25) is 5.91 Å². The van der Waals surface area contributed by atoms with Crippen molar-refractivity contribution in [2.24, 2.45) is 0 Å². The molecule has 0 bridgehead atoms. The average Bonchev–Trinajstić information content (AvgIpc) is 3.35. The van der Waals surface area contributed by atoms with E-state index < -0.39 is 0 Å². The van der Waals surface area contributed by atoms with Crippen LogP contribution < -0.4 is 4.90 Å². The van der Waals surface area contributed by atoms with Crippen molar-refractivity contribution in [2.75, 3.05) is 17.2 Å². The quantitative estimate of drug-likeness (QED) is 0.473. The number of aromatic nitrogens is 3. The highest BCUT2D eigenvalue weighted by atomic mass is 32.2. The van der Waals surface area contributed by atoms with E-state index in [2.05, 4.69) is 57.4 Å². The summed E-state index contributed by atoms with van der Waals surface area (Å²) in [6, 6.07) is 13.0. The molecule has 1 amide bonds. The first-order valence-electron chi connectivity index (χ1n) is 10.3. The Labute approximate surface area is 189 Å². The average molecular weight is 457 g/mol. The number of benzene rings is 1. The molecule has 1 aliphatic heterocycles. The zero-order chi connectivity index (χ0) is 20.5. The number of thiophene rings is 1. The van der Waals surface area contributed by atoms with Crippen molar-refractivity contribution in [3.63, 3.8) is 0 Å². The molecule has 0 N–H and O–H groups in total. The van der Waals surface area contributed by atoms with Gasteiger partial charge in [0, 0.05) is 34.0 Å². The van der Waals surface area contributed by atoms with Crippen molar-refractivity contribution in [2.45, 2.75) is 54.0 Å². The summed E-state index contributed by atoms with van der Waals surface area (Å²) < 4.78 is 2.27. The summed E-state index contributed by atoms with van der Waals surface area (Å²) in [5.41, 5.74) is 1.04. The van der Waals surface area contributed by atoms with E-state index in [-0.39, 0.29) is 5.91 Å². The van der Waals surface area contributed by atoms with E-state index in [9.17, 15) is 4.79 Å². The van der Waals surface area contributed by atoms with Gasteiger partial charge in [-0.05, 0) is 42.8 Å². The maximum absolute atomic E-state index is 13.2. The molecule has 0 saturated heterocycles. The first kappa shape index (κ1) is 20.2. The second kappa shape index (κ2) is 8.77. The summed E-state index contributed by atoms with van der Waals surface area (Å²) in [5, 5.41) is 12.4. The van der Waals surface area contributed by atoms with Crippen LogP contribution in [0.25, 0.3) is 0 Å². The summed E-state index contributed by atoms with van der Waals surface area (Å²) >= 11 is 5.14. The fourth-order valence-electron chi connectivity index (χ4n) is 3.74. The Balaban J connectivity index is 1.32. The van der Waals surface area contributed by atoms with Crippen LogP contribution in [0.2, 0.25) is 0 Å². The van der Waals surface area contributed by atoms with Gasteiger partial charge < -0.3 is 9.47 Å². The maximum Gasteiger partial charge on any atom is 0.237 e. The van der Waals surface area contributed by atoms with E-state index in [1.54, 1.807) is 11.3 Å². The Bertz CT molecular complexity index is 1030. The van der Waals surface area contributed by atoms with Crippen molar-refractivity contribution in [3.8, 4) is 0 Å². The lowest BCUT2D eigenvalue weighted by atomic mass is 10.2. The monoisotopic (exact) mass is 456 g/mol. The first-order valence-corrected chi connectivity index (χ1v) is 13.1. The van der Waals surface area contributed by atoms with Crippen LogP contribution in [-0.4, -0.2) is 38.2 Å². The fraction of sp³-hybridized carbons (Fsp3) is 0.409. The van der Waals surface area contributed by atoms with Crippen LogP contribution in [0.15, 0.2) is 51.8 Å². The minimum absolute atomic E-state index is 0.146. The Morgan fingerprint density at radius 1 is 1.17 bits per heavy atom. The normalized spacial score (nSPS) is 18.8. The second-order valence-electron chi connectivity index (χ2n) is 7.78. The van der Waals surface area contributed by atoms with E-state index >= 15 is 0 Å². The highest BCUT2D eigenvalue weighted by Crippen LogP contribution is 2.40. The van der Waals surface area contributed by atoms with Crippen LogP contribution >= 0.6 is 34.9 Å². The summed E-state index contributed by atoms with van der Waals surface area (Å²) in [6.45, 7) is 3.00. The van der Waals surface area contributed by atoms with Gasteiger partial charge in [0.15, 0.2) is 5.16 Å². The number of anilines is 1. The number of carbonyl (C=O) groups excluding carboxylic acids is 1. The summed E-state index contributed by atoms with van der Waals surface area (Å²) in [6.07, 6.45) is 4.15. The number of hydrogen-bond acceptors (Lipinski definition) is 6. The van der Waals surface area contributed by atoms with Crippen molar-refractivity contribution < 1.29 is 4.79 Å². The molecule has 1 atom stereocenters. The van der Waals surface area contributed by atoms with Crippen LogP contribution in [0.4, 0.5) is 5.69 Å². The summed E-state index contributed by atoms with van der Waals surface area (Å²) in [5.74, 6) is 1.55. The number of carbonyl (C=O) groups is 1. The minimum atomic E-state index is 0.146. The molecule has 1 saturated carbocycles. The van der Waals surface area contributed by atoms with Gasteiger partial charge in [-0.3, -0.25) is 4.79 Å². The van der Waals surface area contributed by atoms with Gasteiger partial charge in [-0.2, -0.15) is 0 Å². The van der Waals surface area contributed by atoms with Gasteiger partial charge in [-0.15, -0.1) is 33.3 Å². The number of nitrogens with zero attached hydrogens (tertiary/aromatic N) is 4. The summed E-state index contributed by atoms with van der Waals surface area (Å²) in [4.78, 5) is 17.6. The molecule has 0 radical (unpaired) electrons. The van der Waals surface area contributed by atoms with Crippen LogP contribution in [0.1, 0.15) is 42.9 Å². The molecule has 8 heteroatoms. The Morgan fingerprint density at radius 3 is 2.83 bits per heavy atom. The van der Waals surface area contributed by atoms with Crippen molar-refractivity contribution in [1.82, 2.24) is 14.8 Å². The molecule has 2 aliphatic rings. The first-order chi connectivity index (χ1) is 14.7. The third-order valence-electron chi connectivity index (χ3n) is 5.43. The smallest absolute Gasteiger partial charge is 0.237 e. The largest absolute Gasteiger partial charge is 0.311 e. The third-order valence-corrected chi connectivity index (χ3v) is 8.47. The molecular weight excluding hydrogens is 432 g/mol. The third kappa shape index (κ3) is 4.31. The number of fused-ring (bicyclic) bond motifs is 1. The lowest BCUT2D eigenvalue weighted by molar-refractivity contribution is -0.116. The molecule has 3 heterocycles. The van der Waals surface area contributed by atoms with E-state index in [1.165, 1.54) is 34.4 Å². The van der Waals surface area contributed by atoms with Crippen molar-refractivity contribution >= 4 is 46.5 Å². The van der Waals surface area contributed by atoms with Crippen LogP contribution in [0, 0.1) is 0 Å². The lowest BCUT2D eigenvalue weighted by Crippen LogP contribution is -2.33. The molecular formula is C22H24N4OS3. The number of para-hydroxylation sites is 1. The van der Waals surface area contributed by atoms with Crippen LogP contribution in [-0.2, 0) is 11.2 Å². The summed E-state index contributed by atoms with van der Waals surface area (Å²) in [7, 11) is 0. The predicted octanol–water partition coefficient (Wildman–Crippen LogP) is 5.27. The standard InChI is InChI=1S/C22H24N4OS3/c1-15-10-11-25(18-6-2-3-7-19(18)30-15)21(27)14-29-22-24-23-20(26(22)16-8-9-16)13-17-5-4-12-28-17/h2-7,12,15-16H,8-11,13-14H2,1H3. The molecule has 156 valence electrons. The number of hydrogen-bond donors (Lipinski definition) is 0. The maximum atomic E-state index is 13.2. The highest BCUT2D eigenvalue weighted by Gasteiger charge is 2.31. The molecule has 5 rings (SSSR count). The van der Waals surface area contributed by atoms with E-state index in [4.69, 9.17) is 0 Å². The number of amides is 1. The molecule has 2 aromatic heterocycles. The molecule has 30 heavy (non-hydrogen) atoms. The molecule has 5 nitrogen and oxygen atoms in total. The van der Waals surface area contributed by atoms with Crippen LogP contribution in [0.3, 0.4) is 0 Å². The fourth-order valence-corrected chi connectivity index (χ4v) is 6.46. The van der Waals surface area contributed by atoms with Gasteiger partial charge >= 0.3 is 0 Å². The zero-order valence-corrected chi connectivity index (χ0v) is 19.3. The van der Waals surface area contributed by atoms with E-state index in [0.717, 1.165) is 36.1 Å². The molecule has 1 aliphatic carbocycles. The Hall–Kier alpha value is -1.77. The van der Waals surface area contributed by atoms with Gasteiger partial charge in [-0.1, -0.05) is 36.9 Å². The number of rotatable bonds is 6. The van der Waals surface area contributed by atoms with E-state index in [0.29, 0.717) is 17.0 Å². The topological polar surface area (TPSA) is 51.0 Å². The molecule has 0 spiro atoms. The second-order valence-corrected chi connectivity index (χ2v) is 11.2. The molecule has 1 unspecified atom stereocenters. The Morgan fingerprint density at radius 2 is 2.03 bits per heavy atom. The van der Waals surface area contributed by atoms with Gasteiger partial charge in [-0.25, -0.2) is 0 Å². The van der Waals surface area contributed by atoms with Crippen molar-refractivity contribution in [1.29, 1.82) is 0 Å². The van der Waals surface area contributed by atoms with Crippen LogP contribution in [0.5, 0.6) is 0 Å². The lowest BCUT2D eigenvalue weighted by Gasteiger charge is -2.22. The van der Waals surface area contributed by atoms with Crippen molar-refractivity contribution in [3.05, 3.63) is 52.5 Å². The van der Waals surface area contributed by atoms with Gasteiger partial charge in [0.25, 0.3) is 0 Å². The SMILES string of the molecule is CC1CCN(C(=O)CSc2nnc(Cc3cccs3)n2C2CC2)c2ccccc2S1. The highest BCUT2D eigenvalue weighted by molar-refractivity contribution is 8.00. The number of thioether (sulfide) groups is 2.